The molecule has 6 heteroatoms. The van der Waals surface area contributed by atoms with Gasteiger partial charge in [-0.15, -0.1) is 0 Å². The van der Waals surface area contributed by atoms with E-state index in [9.17, 15) is 9.59 Å². The molecule has 2 amide bonds. The van der Waals surface area contributed by atoms with Crippen LogP contribution in [0.3, 0.4) is 0 Å². The molecule has 1 saturated heterocycles. The summed E-state index contributed by atoms with van der Waals surface area (Å²) in [5.74, 6) is -0.603. The number of aryl methyl sites for hydroxylation is 1. The van der Waals surface area contributed by atoms with Gasteiger partial charge in [0, 0.05) is 19.7 Å². The van der Waals surface area contributed by atoms with Crippen molar-refractivity contribution in [2.24, 2.45) is 0 Å². The molecule has 1 fully saturated rings. The molecule has 0 saturated carbocycles. The molecule has 0 radical (unpaired) electrons. The van der Waals surface area contributed by atoms with Crippen LogP contribution in [0.1, 0.15) is 44.9 Å². The Kier molecular flexibility index (Phi) is 5.96. The molecule has 2 N–H and O–H groups in total. The minimum absolute atomic E-state index is 0.0692. The topological polar surface area (TPSA) is 80.3 Å². The van der Waals surface area contributed by atoms with E-state index in [0.717, 1.165) is 30.6 Å². The van der Waals surface area contributed by atoms with Gasteiger partial charge in [-0.2, -0.15) is 0 Å². The van der Waals surface area contributed by atoms with Gasteiger partial charge in [0.15, 0.2) is 0 Å². The number of benzene rings is 1. The molecule has 3 rings (SSSR count). The van der Waals surface area contributed by atoms with Crippen molar-refractivity contribution in [2.75, 3.05) is 13.2 Å². The Morgan fingerprint density at radius 1 is 1.12 bits per heavy atom. The van der Waals surface area contributed by atoms with Gasteiger partial charge in [-0.3, -0.25) is 9.59 Å². The lowest BCUT2D eigenvalue weighted by Gasteiger charge is -2.11. The third-order valence-electron chi connectivity index (χ3n) is 4.26. The third kappa shape index (κ3) is 4.89. The summed E-state index contributed by atoms with van der Waals surface area (Å²) in [6.45, 7) is 3.63. The Balaban J connectivity index is 1.56. The Morgan fingerprint density at radius 2 is 1.85 bits per heavy atom. The number of hydrogen-bond acceptors (Lipinski definition) is 4. The Hall–Kier alpha value is -2.73. The smallest absolute Gasteiger partial charge is 0.270 e. The van der Waals surface area contributed by atoms with E-state index < -0.39 is 0 Å². The van der Waals surface area contributed by atoms with E-state index in [2.05, 4.69) is 15.6 Å². The van der Waals surface area contributed by atoms with Crippen LogP contribution >= 0.6 is 0 Å². The number of nitrogens with zero attached hydrogens (tertiary/aromatic N) is 1. The zero-order valence-corrected chi connectivity index (χ0v) is 14.8. The van der Waals surface area contributed by atoms with Gasteiger partial charge < -0.3 is 15.4 Å². The second-order valence-electron chi connectivity index (χ2n) is 6.42. The number of aromatic nitrogens is 1. The van der Waals surface area contributed by atoms with Gasteiger partial charge in [0.05, 0.1) is 6.10 Å². The van der Waals surface area contributed by atoms with Crippen LogP contribution in [0.15, 0.2) is 42.5 Å². The minimum Gasteiger partial charge on any atom is -0.376 e. The van der Waals surface area contributed by atoms with E-state index in [-0.39, 0.29) is 29.3 Å². The molecular formula is C20H23N3O3. The summed E-state index contributed by atoms with van der Waals surface area (Å²) in [5, 5.41) is 5.65. The molecule has 26 heavy (non-hydrogen) atoms. The van der Waals surface area contributed by atoms with Crippen LogP contribution in [0.5, 0.6) is 0 Å². The first-order valence-electron chi connectivity index (χ1n) is 8.82. The molecule has 0 aliphatic carbocycles. The lowest BCUT2D eigenvalue weighted by Crippen LogP contribution is -2.32. The molecule has 2 heterocycles. The average molecular weight is 353 g/mol. The normalized spacial score (nSPS) is 16.3. The number of amides is 2. The van der Waals surface area contributed by atoms with Gasteiger partial charge in [0.25, 0.3) is 11.8 Å². The first-order valence-corrected chi connectivity index (χ1v) is 8.82. The molecule has 2 aromatic rings. The Morgan fingerprint density at radius 3 is 2.54 bits per heavy atom. The minimum atomic E-state index is -0.305. The number of carbonyl (C=O) groups excluding carboxylic acids is 2. The number of rotatable bonds is 6. The van der Waals surface area contributed by atoms with Crippen molar-refractivity contribution in [3.8, 4) is 0 Å². The third-order valence-corrected chi connectivity index (χ3v) is 4.26. The highest BCUT2D eigenvalue weighted by molar-refractivity contribution is 5.96. The number of ether oxygens (including phenoxy) is 1. The maximum atomic E-state index is 12.3. The van der Waals surface area contributed by atoms with Gasteiger partial charge in [-0.05, 0) is 37.5 Å². The van der Waals surface area contributed by atoms with Crippen molar-refractivity contribution in [1.29, 1.82) is 0 Å². The van der Waals surface area contributed by atoms with E-state index in [1.807, 2.05) is 31.2 Å². The Labute approximate surface area is 153 Å². The van der Waals surface area contributed by atoms with Crippen LogP contribution in [-0.2, 0) is 11.3 Å². The fourth-order valence-electron chi connectivity index (χ4n) is 2.89. The van der Waals surface area contributed by atoms with Gasteiger partial charge in [0.2, 0.25) is 0 Å². The fraction of sp³-hybridized carbons (Fsp3) is 0.350. The van der Waals surface area contributed by atoms with E-state index >= 15 is 0 Å². The van der Waals surface area contributed by atoms with Crippen molar-refractivity contribution in [1.82, 2.24) is 15.6 Å². The first-order chi connectivity index (χ1) is 12.6. The molecule has 1 unspecified atom stereocenters. The predicted molar refractivity (Wildman–Crippen MR) is 97.9 cm³/mol. The molecule has 1 atom stereocenters. The van der Waals surface area contributed by atoms with Gasteiger partial charge >= 0.3 is 0 Å². The van der Waals surface area contributed by atoms with Crippen LogP contribution in [-0.4, -0.2) is 36.1 Å². The van der Waals surface area contributed by atoms with Crippen LogP contribution < -0.4 is 10.6 Å². The van der Waals surface area contributed by atoms with Crippen molar-refractivity contribution < 1.29 is 14.3 Å². The van der Waals surface area contributed by atoms with Crippen molar-refractivity contribution in [3.05, 3.63) is 65.0 Å². The SMILES string of the molecule is Cc1cccc(CNC(=O)c2cccc(C(=O)NCC3CCCO3)n2)c1. The van der Waals surface area contributed by atoms with E-state index in [1.54, 1.807) is 18.2 Å². The van der Waals surface area contributed by atoms with E-state index in [4.69, 9.17) is 4.74 Å². The molecule has 136 valence electrons. The Bertz CT molecular complexity index is 785. The molecule has 0 spiro atoms. The highest BCUT2D eigenvalue weighted by atomic mass is 16.5. The molecule has 0 bridgehead atoms. The quantitative estimate of drug-likeness (QED) is 0.835. The zero-order valence-electron chi connectivity index (χ0n) is 14.8. The van der Waals surface area contributed by atoms with Gasteiger partial charge in [-0.25, -0.2) is 4.98 Å². The summed E-state index contributed by atoms with van der Waals surface area (Å²) >= 11 is 0. The molecule has 1 aliphatic heterocycles. The van der Waals surface area contributed by atoms with Crippen molar-refractivity contribution in [3.63, 3.8) is 0 Å². The maximum absolute atomic E-state index is 12.3. The zero-order chi connectivity index (χ0) is 18.4. The fourth-order valence-corrected chi connectivity index (χ4v) is 2.89. The summed E-state index contributed by atoms with van der Waals surface area (Å²) in [4.78, 5) is 28.7. The second kappa shape index (κ2) is 8.58. The monoisotopic (exact) mass is 353 g/mol. The molecule has 1 aromatic heterocycles. The maximum Gasteiger partial charge on any atom is 0.270 e. The summed E-state index contributed by atoms with van der Waals surface area (Å²) in [7, 11) is 0. The molecule has 1 aromatic carbocycles. The lowest BCUT2D eigenvalue weighted by molar-refractivity contribution is 0.0853. The van der Waals surface area contributed by atoms with Crippen molar-refractivity contribution in [2.45, 2.75) is 32.4 Å². The summed E-state index contributed by atoms with van der Waals surface area (Å²) in [5.41, 5.74) is 2.61. The second-order valence-corrected chi connectivity index (χ2v) is 6.42. The van der Waals surface area contributed by atoms with Crippen LogP contribution in [0.25, 0.3) is 0 Å². The number of pyridine rings is 1. The van der Waals surface area contributed by atoms with Crippen LogP contribution in [0.4, 0.5) is 0 Å². The number of hydrogen-bond donors (Lipinski definition) is 2. The highest BCUT2D eigenvalue weighted by Gasteiger charge is 2.18. The van der Waals surface area contributed by atoms with Gasteiger partial charge in [-0.1, -0.05) is 35.9 Å². The molecule has 1 aliphatic rings. The first kappa shape index (κ1) is 18.1. The summed E-state index contributed by atoms with van der Waals surface area (Å²) in [6.07, 6.45) is 2.05. The van der Waals surface area contributed by atoms with Crippen LogP contribution in [0, 0.1) is 6.92 Å². The summed E-state index contributed by atoms with van der Waals surface area (Å²) < 4.78 is 5.48. The molecular weight excluding hydrogens is 330 g/mol. The number of carbonyl (C=O) groups is 2. The average Bonchev–Trinajstić information content (AvgIpc) is 3.18. The number of nitrogens with one attached hydrogen (secondary N) is 2. The summed E-state index contributed by atoms with van der Waals surface area (Å²) in [6, 6.07) is 12.8. The predicted octanol–water partition coefficient (Wildman–Crippen LogP) is 2.23. The largest absolute Gasteiger partial charge is 0.376 e. The van der Waals surface area contributed by atoms with Gasteiger partial charge in [0.1, 0.15) is 11.4 Å². The van der Waals surface area contributed by atoms with E-state index in [0.29, 0.717) is 13.1 Å². The molecule has 6 nitrogen and oxygen atoms in total. The lowest BCUT2D eigenvalue weighted by atomic mass is 10.1. The standard InChI is InChI=1S/C20H23N3O3/c1-14-5-2-6-15(11-14)12-21-19(24)17-8-3-9-18(23-17)20(25)22-13-16-7-4-10-26-16/h2-3,5-6,8-9,11,16H,4,7,10,12-13H2,1H3,(H,21,24)(H,22,25). The van der Waals surface area contributed by atoms with Crippen LogP contribution in [0.2, 0.25) is 0 Å². The van der Waals surface area contributed by atoms with Crippen molar-refractivity contribution >= 4 is 11.8 Å². The highest BCUT2D eigenvalue weighted by Crippen LogP contribution is 2.11. The van der Waals surface area contributed by atoms with E-state index in [1.165, 1.54) is 0 Å².